The number of hydrogen-bond acceptors (Lipinski definition) is 2. The molecule has 0 heterocycles. The fraction of sp³-hybridized carbons (Fsp3) is 0.875. The Balaban J connectivity index is 4.22. The third-order valence-electron chi connectivity index (χ3n) is 1.63. The van der Waals surface area contributed by atoms with Gasteiger partial charge in [-0.05, 0) is 33.9 Å². The highest BCUT2D eigenvalue weighted by Crippen LogP contribution is 2.17. The molecule has 0 spiro atoms. The summed E-state index contributed by atoms with van der Waals surface area (Å²) in [7, 11) is 2.54. The van der Waals surface area contributed by atoms with Gasteiger partial charge in [-0.15, -0.1) is 9.24 Å². The molecule has 0 rings (SSSR count). The summed E-state index contributed by atoms with van der Waals surface area (Å²) in [4.78, 5) is 11.1. The summed E-state index contributed by atoms with van der Waals surface area (Å²) in [5.41, 5.74) is -0.612. The lowest BCUT2D eigenvalue weighted by Gasteiger charge is -2.27. The van der Waals surface area contributed by atoms with Gasteiger partial charge in [-0.25, -0.2) is 0 Å². The van der Waals surface area contributed by atoms with E-state index >= 15 is 0 Å². The lowest BCUT2D eigenvalue weighted by molar-refractivity contribution is -0.142. The molecule has 66 valence electrons. The number of ether oxygens (including phenoxy) is 1. The molecule has 3 heteroatoms. The molecule has 2 nitrogen and oxygen atoms in total. The van der Waals surface area contributed by atoms with Gasteiger partial charge in [-0.3, -0.25) is 4.79 Å². The molecule has 0 aliphatic rings. The Morgan fingerprint density at radius 3 is 2.18 bits per heavy atom. The molecule has 0 radical (unpaired) electrons. The normalized spacial score (nSPS) is 16.5. The molecule has 0 aromatic heterocycles. The van der Waals surface area contributed by atoms with E-state index in [2.05, 4.69) is 9.24 Å². The molecule has 0 saturated heterocycles. The zero-order valence-corrected chi connectivity index (χ0v) is 8.83. The van der Waals surface area contributed by atoms with E-state index in [1.54, 1.807) is 6.92 Å². The SMILES string of the molecule is CC(=O)C(C)(CP)OC(C)C. The van der Waals surface area contributed by atoms with E-state index < -0.39 is 5.60 Å². The first-order valence-corrected chi connectivity index (χ1v) is 4.63. The van der Waals surface area contributed by atoms with Gasteiger partial charge in [0.1, 0.15) is 5.60 Å². The highest BCUT2D eigenvalue weighted by molar-refractivity contribution is 7.16. The summed E-state index contributed by atoms with van der Waals surface area (Å²) in [5, 5.41) is 0. The van der Waals surface area contributed by atoms with Crippen molar-refractivity contribution < 1.29 is 9.53 Å². The first-order chi connectivity index (χ1) is 4.92. The maximum absolute atomic E-state index is 11.1. The third-order valence-corrected chi connectivity index (χ3v) is 2.41. The van der Waals surface area contributed by atoms with Crippen LogP contribution >= 0.6 is 9.24 Å². The standard InChI is InChI=1S/C8H17O2P/c1-6(2)10-8(4,5-11)7(3)9/h6H,5,11H2,1-4H3. The summed E-state index contributed by atoms with van der Waals surface area (Å²) >= 11 is 0. The third kappa shape index (κ3) is 3.31. The van der Waals surface area contributed by atoms with Crippen LogP contribution < -0.4 is 0 Å². The van der Waals surface area contributed by atoms with Gasteiger partial charge in [0.15, 0.2) is 5.78 Å². The van der Waals surface area contributed by atoms with Gasteiger partial charge in [-0.1, -0.05) is 0 Å². The lowest BCUT2D eigenvalue weighted by Crippen LogP contribution is -2.40. The van der Waals surface area contributed by atoms with Crippen molar-refractivity contribution in [3.05, 3.63) is 0 Å². The van der Waals surface area contributed by atoms with Crippen LogP contribution in [-0.4, -0.2) is 23.7 Å². The molecular weight excluding hydrogens is 159 g/mol. The van der Waals surface area contributed by atoms with E-state index in [1.807, 2.05) is 20.8 Å². The Kier molecular flexibility index (Phi) is 4.20. The van der Waals surface area contributed by atoms with Gasteiger partial charge in [-0.2, -0.15) is 0 Å². The molecule has 0 N–H and O–H groups in total. The van der Waals surface area contributed by atoms with Crippen molar-refractivity contribution in [3.63, 3.8) is 0 Å². The highest BCUT2D eigenvalue weighted by Gasteiger charge is 2.29. The van der Waals surface area contributed by atoms with Crippen LogP contribution in [-0.2, 0) is 9.53 Å². The molecular formula is C8H17O2P. The van der Waals surface area contributed by atoms with Crippen LogP contribution in [0.25, 0.3) is 0 Å². The topological polar surface area (TPSA) is 26.3 Å². The molecule has 0 aliphatic heterocycles. The monoisotopic (exact) mass is 176 g/mol. The molecule has 0 fully saturated rings. The van der Waals surface area contributed by atoms with Crippen molar-refractivity contribution in [2.24, 2.45) is 0 Å². The van der Waals surface area contributed by atoms with Gasteiger partial charge in [0.2, 0.25) is 0 Å². The predicted molar refractivity (Wildman–Crippen MR) is 49.9 cm³/mol. The van der Waals surface area contributed by atoms with Crippen molar-refractivity contribution in [2.45, 2.75) is 39.4 Å². The fourth-order valence-corrected chi connectivity index (χ4v) is 1.18. The van der Waals surface area contributed by atoms with Crippen LogP contribution in [0.3, 0.4) is 0 Å². The van der Waals surface area contributed by atoms with Crippen LogP contribution in [0.4, 0.5) is 0 Å². The van der Waals surface area contributed by atoms with E-state index in [4.69, 9.17) is 4.74 Å². The fourth-order valence-electron chi connectivity index (χ4n) is 0.795. The van der Waals surface area contributed by atoms with Crippen molar-refractivity contribution in [1.82, 2.24) is 0 Å². The molecule has 0 amide bonds. The number of ketones is 1. The van der Waals surface area contributed by atoms with E-state index in [9.17, 15) is 4.79 Å². The molecule has 2 unspecified atom stereocenters. The number of rotatable bonds is 4. The second-order valence-corrected chi connectivity index (χ2v) is 3.57. The summed E-state index contributed by atoms with van der Waals surface area (Å²) in [5.74, 6) is 0.0844. The average Bonchev–Trinajstić information content (AvgIpc) is 1.86. The van der Waals surface area contributed by atoms with Gasteiger partial charge in [0.25, 0.3) is 0 Å². The van der Waals surface area contributed by atoms with E-state index in [0.717, 1.165) is 0 Å². The molecule has 0 saturated carbocycles. The maximum atomic E-state index is 11.1. The van der Waals surface area contributed by atoms with Crippen molar-refractivity contribution in [2.75, 3.05) is 6.16 Å². The second-order valence-electron chi connectivity index (χ2n) is 3.16. The quantitative estimate of drug-likeness (QED) is 0.608. The van der Waals surface area contributed by atoms with E-state index in [-0.39, 0.29) is 11.9 Å². The van der Waals surface area contributed by atoms with Gasteiger partial charge >= 0.3 is 0 Å². The minimum Gasteiger partial charge on any atom is -0.365 e. The first kappa shape index (κ1) is 11.1. The van der Waals surface area contributed by atoms with Crippen LogP contribution in [0, 0.1) is 0 Å². The Hall–Kier alpha value is 0.0600. The Morgan fingerprint density at radius 2 is 2.09 bits per heavy atom. The van der Waals surface area contributed by atoms with Gasteiger partial charge in [0, 0.05) is 0 Å². The zero-order valence-electron chi connectivity index (χ0n) is 7.68. The predicted octanol–water partition coefficient (Wildman–Crippen LogP) is 1.63. The molecule has 0 bridgehead atoms. The molecule has 0 aromatic carbocycles. The van der Waals surface area contributed by atoms with E-state index in [0.29, 0.717) is 6.16 Å². The minimum atomic E-state index is -0.612. The largest absolute Gasteiger partial charge is 0.365 e. The summed E-state index contributed by atoms with van der Waals surface area (Å²) in [6.45, 7) is 7.25. The minimum absolute atomic E-state index is 0.0844. The smallest absolute Gasteiger partial charge is 0.161 e. The lowest BCUT2D eigenvalue weighted by atomic mass is 10.0. The van der Waals surface area contributed by atoms with Crippen LogP contribution in [0.2, 0.25) is 0 Å². The van der Waals surface area contributed by atoms with Crippen molar-refractivity contribution in [3.8, 4) is 0 Å². The highest BCUT2D eigenvalue weighted by atomic mass is 31.0. The Morgan fingerprint density at radius 1 is 1.64 bits per heavy atom. The summed E-state index contributed by atoms with van der Waals surface area (Å²) in [6, 6.07) is 0. The molecule has 0 aliphatic carbocycles. The van der Waals surface area contributed by atoms with Crippen molar-refractivity contribution in [1.29, 1.82) is 0 Å². The van der Waals surface area contributed by atoms with Crippen LogP contribution in [0.5, 0.6) is 0 Å². The van der Waals surface area contributed by atoms with Crippen LogP contribution in [0.1, 0.15) is 27.7 Å². The van der Waals surface area contributed by atoms with Gasteiger partial charge in [0.05, 0.1) is 6.10 Å². The number of carbonyl (C=O) groups excluding carboxylic acids is 1. The molecule has 11 heavy (non-hydrogen) atoms. The summed E-state index contributed by atoms with van der Waals surface area (Å²) in [6.07, 6.45) is 0.755. The molecule has 0 aromatic rings. The number of Topliss-reactive ketones (excluding diaryl/α,β-unsaturated/α-hetero) is 1. The van der Waals surface area contributed by atoms with Crippen LogP contribution in [0.15, 0.2) is 0 Å². The molecule has 2 atom stereocenters. The van der Waals surface area contributed by atoms with Gasteiger partial charge < -0.3 is 4.74 Å². The average molecular weight is 176 g/mol. The maximum Gasteiger partial charge on any atom is 0.161 e. The number of carbonyl (C=O) groups is 1. The first-order valence-electron chi connectivity index (χ1n) is 3.81. The summed E-state index contributed by atoms with van der Waals surface area (Å²) < 4.78 is 5.48. The second kappa shape index (κ2) is 4.18. The Labute approximate surface area is 70.9 Å². The number of hydrogen-bond donors (Lipinski definition) is 0. The van der Waals surface area contributed by atoms with E-state index in [1.165, 1.54) is 0 Å². The zero-order chi connectivity index (χ0) is 9.07. The Bertz CT molecular complexity index is 145. The van der Waals surface area contributed by atoms with Crippen molar-refractivity contribution >= 4 is 15.0 Å².